The number of carboxylic acid groups (broad SMARTS) is 1. The number of rotatable bonds is 6. The number of carbonyl (C=O) groups excluding carboxylic acids is 1. The van der Waals surface area contributed by atoms with Gasteiger partial charge in [-0.15, -0.1) is 0 Å². The molecule has 0 spiro atoms. The number of carbonyl (C=O) groups is 1. The maximum absolute atomic E-state index is 10.5. The Labute approximate surface area is 119 Å². The molecule has 0 atom stereocenters. The van der Waals surface area contributed by atoms with Gasteiger partial charge < -0.3 is 9.90 Å². The van der Waals surface area contributed by atoms with Gasteiger partial charge in [-0.05, 0) is 36.0 Å². The molecule has 0 N–H and O–H groups in total. The van der Waals surface area contributed by atoms with Crippen molar-refractivity contribution < 1.29 is 9.90 Å². The van der Waals surface area contributed by atoms with Gasteiger partial charge in [0.05, 0.1) is 0 Å². The maximum Gasteiger partial charge on any atom is 0.0414 e. The Morgan fingerprint density at radius 2 is 1.40 bits per heavy atom. The Kier molecular flexibility index (Phi) is 5.13. The molecule has 0 fully saturated rings. The number of aliphatic carboxylic acids is 1. The predicted molar refractivity (Wildman–Crippen MR) is 78.8 cm³/mol. The summed E-state index contributed by atoms with van der Waals surface area (Å²) < 4.78 is 0. The second kappa shape index (κ2) is 7.29. The highest BCUT2D eigenvalue weighted by Gasteiger charge is 2.03. The first kappa shape index (κ1) is 14.1. The van der Waals surface area contributed by atoms with E-state index >= 15 is 0 Å². The Balaban J connectivity index is 2.21. The van der Waals surface area contributed by atoms with Gasteiger partial charge in [0, 0.05) is 5.97 Å². The van der Waals surface area contributed by atoms with E-state index in [1.807, 2.05) is 36.4 Å². The summed E-state index contributed by atoms with van der Waals surface area (Å²) in [5, 5.41) is 10.5. The van der Waals surface area contributed by atoms with Gasteiger partial charge in [-0.3, -0.25) is 0 Å². The highest BCUT2D eigenvalue weighted by Crippen LogP contribution is 2.24. The topological polar surface area (TPSA) is 40.1 Å². The highest BCUT2D eigenvalue weighted by atomic mass is 16.4. The van der Waals surface area contributed by atoms with Crippen LogP contribution in [0.15, 0.2) is 66.7 Å². The molecule has 2 aromatic rings. The van der Waals surface area contributed by atoms with Crippen LogP contribution in [0.4, 0.5) is 0 Å². The van der Waals surface area contributed by atoms with E-state index < -0.39 is 5.97 Å². The molecule has 0 aliphatic rings. The second-order valence-electron chi connectivity index (χ2n) is 4.61. The second-order valence-corrected chi connectivity index (χ2v) is 4.61. The molecule has 0 saturated carbocycles. The lowest BCUT2D eigenvalue weighted by atomic mass is 9.96. The summed E-state index contributed by atoms with van der Waals surface area (Å²) in [5.74, 6) is -0.987. The first-order valence-electron chi connectivity index (χ1n) is 6.78. The van der Waals surface area contributed by atoms with E-state index in [1.165, 1.54) is 0 Å². The molecular formula is C18H17O2-. The first-order chi connectivity index (χ1) is 9.77. The third-order valence-corrected chi connectivity index (χ3v) is 3.10. The van der Waals surface area contributed by atoms with Crippen LogP contribution in [-0.2, 0) is 4.79 Å². The molecule has 0 saturated heterocycles. The van der Waals surface area contributed by atoms with Crippen molar-refractivity contribution in [3.05, 3.63) is 77.9 Å². The fourth-order valence-electron chi connectivity index (χ4n) is 2.13. The van der Waals surface area contributed by atoms with Crippen molar-refractivity contribution in [1.82, 2.24) is 0 Å². The van der Waals surface area contributed by atoms with Crippen LogP contribution in [0.2, 0.25) is 0 Å². The van der Waals surface area contributed by atoms with Crippen LogP contribution in [0.3, 0.4) is 0 Å². The number of unbranched alkanes of at least 4 members (excludes halogenated alkanes) is 1. The number of carboxylic acids is 1. The molecular weight excluding hydrogens is 248 g/mol. The quantitative estimate of drug-likeness (QED) is 0.753. The monoisotopic (exact) mass is 265 g/mol. The Morgan fingerprint density at radius 1 is 0.900 bits per heavy atom. The first-order valence-corrected chi connectivity index (χ1v) is 6.78. The van der Waals surface area contributed by atoms with E-state index in [0.29, 0.717) is 6.42 Å². The zero-order chi connectivity index (χ0) is 14.2. The lowest BCUT2D eigenvalue weighted by Gasteiger charge is -2.09. The number of hydrogen-bond donors (Lipinski definition) is 0. The van der Waals surface area contributed by atoms with Gasteiger partial charge in [0.1, 0.15) is 0 Å². The Bertz CT molecular complexity index is 529. The van der Waals surface area contributed by atoms with Crippen molar-refractivity contribution in [2.45, 2.75) is 19.3 Å². The average molecular weight is 265 g/mol. The summed E-state index contributed by atoms with van der Waals surface area (Å²) in [6.45, 7) is 0. The average Bonchev–Trinajstić information content (AvgIpc) is 2.49. The summed E-state index contributed by atoms with van der Waals surface area (Å²) in [7, 11) is 0. The number of hydrogen-bond acceptors (Lipinski definition) is 2. The molecule has 102 valence electrons. The molecule has 0 bridgehead atoms. The van der Waals surface area contributed by atoms with Crippen LogP contribution in [-0.4, -0.2) is 5.97 Å². The van der Waals surface area contributed by atoms with Crippen molar-refractivity contribution in [1.29, 1.82) is 0 Å². The maximum atomic E-state index is 10.5. The minimum absolute atomic E-state index is 0.105. The summed E-state index contributed by atoms with van der Waals surface area (Å²) in [6.07, 6.45) is 3.54. The molecule has 0 aliphatic carbocycles. The highest BCUT2D eigenvalue weighted by molar-refractivity contribution is 5.79. The lowest BCUT2D eigenvalue weighted by Crippen LogP contribution is -2.21. The van der Waals surface area contributed by atoms with Crippen molar-refractivity contribution in [2.24, 2.45) is 0 Å². The van der Waals surface area contributed by atoms with E-state index in [4.69, 9.17) is 0 Å². The number of allylic oxidation sites excluding steroid dienone is 1. The molecule has 2 heteroatoms. The molecule has 0 unspecified atom stereocenters. The van der Waals surface area contributed by atoms with Crippen molar-refractivity contribution >= 4 is 11.5 Å². The third kappa shape index (κ3) is 4.09. The minimum atomic E-state index is -0.987. The van der Waals surface area contributed by atoms with Crippen LogP contribution in [0, 0.1) is 0 Å². The van der Waals surface area contributed by atoms with Gasteiger partial charge in [-0.1, -0.05) is 66.7 Å². The minimum Gasteiger partial charge on any atom is -0.550 e. The predicted octanol–water partition coefficient (Wildman–Crippen LogP) is 3.04. The van der Waals surface area contributed by atoms with Gasteiger partial charge >= 0.3 is 0 Å². The van der Waals surface area contributed by atoms with Crippen LogP contribution in [0.5, 0.6) is 0 Å². The van der Waals surface area contributed by atoms with Crippen molar-refractivity contribution in [3.8, 4) is 0 Å². The summed E-state index contributed by atoms with van der Waals surface area (Å²) in [5.41, 5.74) is 3.43. The molecule has 2 nitrogen and oxygen atoms in total. The molecule has 20 heavy (non-hydrogen) atoms. The summed E-state index contributed by atoms with van der Waals surface area (Å²) in [4.78, 5) is 10.5. The molecule has 2 aromatic carbocycles. The molecule has 0 radical (unpaired) electrons. The van der Waals surface area contributed by atoms with Crippen LogP contribution in [0.1, 0.15) is 30.4 Å². The molecule has 2 rings (SSSR count). The SMILES string of the molecule is O=C([O-])CCCC=C(c1ccccc1)c1ccccc1. The van der Waals surface area contributed by atoms with Gasteiger partial charge in [-0.2, -0.15) is 0 Å². The van der Waals surface area contributed by atoms with E-state index in [9.17, 15) is 9.90 Å². The van der Waals surface area contributed by atoms with Crippen LogP contribution in [0.25, 0.3) is 5.57 Å². The van der Waals surface area contributed by atoms with E-state index in [2.05, 4.69) is 30.3 Å². The van der Waals surface area contributed by atoms with Crippen molar-refractivity contribution in [3.63, 3.8) is 0 Å². The normalized spacial score (nSPS) is 10.0. The molecule has 0 aliphatic heterocycles. The van der Waals surface area contributed by atoms with Gasteiger partial charge in [-0.25, -0.2) is 0 Å². The summed E-state index contributed by atoms with van der Waals surface area (Å²) in [6, 6.07) is 20.3. The molecule has 0 amide bonds. The Hall–Kier alpha value is -2.35. The largest absolute Gasteiger partial charge is 0.550 e. The van der Waals surface area contributed by atoms with Gasteiger partial charge in [0.15, 0.2) is 0 Å². The molecule has 0 aromatic heterocycles. The van der Waals surface area contributed by atoms with Crippen LogP contribution >= 0.6 is 0 Å². The third-order valence-electron chi connectivity index (χ3n) is 3.10. The zero-order valence-electron chi connectivity index (χ0n) is 11.3. The van der Waals surface area contributed by atoms with Gasteiger partial charge in [0.2, 0.25) is 0 Å². The number of benzene rings is 2. The van der Waals surface area contributed by atoms with Crippen LogP contribution < -0.4 is 5.11 Å². The lowest BCUT2D eigenvalue weighted by molar-refractivity contribution is -0.305. The van der Waals surface area contributed by atoms with E-state index in [0.717, 1.165) is 23.1 Å². The summed E-state index contributed by atoms with van der Waals surface area (Å²) >= 11 is 0. The van der Waals surface area contributed by atoms with Gasteiger partial charge in [0.25, 0.3) is 0 Å². The van der Waals surface area contributed by atoms with E-state index in [-0.39, 0.29) is 6.42 Å². The molecule has 0 heterocycles. The van der Waals surface area contributed by atoms with E-state index in [1.54, 1.807) is 0 Å². The fraction of sp³-hybridized carbons (Fsp3) is 0.167. The zero-order valence-corrected chi connectivity index (χ0v) is 11.3. The Morgan fingerprint density at radius 3 is 1.85 bits per heavy atom. The smallest absolute Gasteiger partial charge is 0.0414 e. The van der Waals surface area contributed by atoms with Crippen molar-refractivity contribution in [2.75, 3.05) is 0 Å². The fourth-order valence-corrected chi connectivity index (χ4v) is 2.13. The standard InChI is InChI=1S/C18H18O2/c19-18(20)14-8-7-13-17(15-9-3-1-4-10-15)16-11-5-2-6-12-16/h1-6,9-13H,7-8,14H2,(H,19,20)/p-1.